The van der Waals surface area contributed by atoms with Gasteiger partial charge in [-0.25, -0.2) is 0 Å². The Hall–Kier alpha value is -1.68. The van der Waals surface area contributed by atoms with Crippen LogP contribution in [0.15, 0.2) is 30.3 Å². The highest BCUT2D eigenvalue weighted by atomic mass is 16.2. The van der Waals surface area contributed by atoms with E-state index in [1.165, 1.54) is 10.5 Å². The first-order chi connectivity index (χ1) is 10.0. The minimum Gasteiger partial charge on any atom is -0.294 e. The van der Waals surface area contributed by atoms with Crippen molar-refractivity contribution >= 4 is 11.8 Å². The zero-order valence-corrected chi connectivity index (χ0v) is 12.8. The van der Waals surface area contributed by atoms with E-state index in [4.69, 9.17) is 0 Å². The smallest absolute Gasteiger partial charge is 0.234 e. The van der Waals surface area contributed by atoms with Crippen LogP contribution < -0.4 is 0 Å². The molecule has 2 saturated heterocycles. The van der Waals surface area contributed by atoms with Gasteiger partial charge in [-0.2, -0.15) is 0 Å². The van der Waals surface area contributed by atoms with E-state index in [0.717, 1.165) is 6.54 Å². The van der Waals surface area contributed by atoms with Crippen LogP contribution in [0.3, 0.4) is 0 Å². The molecule has 0 aromatic heterocycles. The molecule has 0 spiro atoms. The van der Waals surface area contributed by atoms with Crippen molar-refractivity contribution in [1.29, 1.82) is 0 Å². The van der Waals surface area contributed by atoms with E-state index in [1.54, 1.807) is 7.05 Å². The lowest BCUT2D eigenvalue weighted by Gasteiger charge is -2.31. The van der Waals surface area contributed by atoms with Gasteiger partial charge in [-0.3, -0.25) is 19.4 Å². The average molecular weight is 286 g/mol. The van der Waals surface area contributed by atoms with Gasteiger partial charge in [0.25, 0.3) is 0 Å². The normalized spacial score (nSPS) is 29.5. The minimum atomic E-state index is -0.161. The van der Waals surface area contributed by atoms with E-state index in [1.807, 2.05) is 18.2 Å². The first-order valence-corrected chi connectivity index (χ1v) is 7.60. The lowest BCUT2D eigenvalue weighted by atomic mass is 9.87. The number of amides is 2. The van der Waals surface area contributed by atoms with Crippen LogP contribution in [0.5, 0.6) is 0 Å². The number of likely N-dealkylation sites (tertiary alicyclic amines) is 2. The van der Waals surface area contributed by atoms with Crippen molar-refractivity contribution in [1.82, 2.24) is 9.80 Å². The molecular weight excluding hydrogens is 264 g/mol. The molecular formula is C17H22N2O2. The Morgan fingerprint density at radius 1 is 1.14 bits per heavy atom. The highest BCUT2D eigenvalue weighted by Crippen LogP contribution is 2.41. The number of fused-ring (bicyclic) bond motifs is 1. The third-order valence-electron chi connectivity index (χ3n) is 4.83. The molecule has 2 fully saturated rings. The fraction of sp³-hybridized carbons (Fsp3) is 0.529. The van der Waals surface area contributed by atoms with Gasteiger partial charge in [0, 0.05) is 26.2 Å². The van der Waals surface area contributed by atoms with Crippen molar-refractivity contribution < 1.29 is 9.59 Å². The number of hydrogen-bond acceptors (Lipinski definition) is 3. The number of benzene rings is 1. The summed E-state index contributed by atoms with van der Waals surface area (Å²) >= 11 is 0. The van der Waals surface area contributed by atoms with Gasteiger partial charge in [-0.15, -0.1) is 0 Å². The molecule has 4 nitrogen and oxygen atoms in total. The van der Waals surface area contributed by atoms with Crippen molar-refractivity contribution in [3.63, 3.8) is 0 Å². The molecule has 0 aliphatic carbocycles. The van der Waals surface area contributed by atoms with Gasteiger partial charge in [0.1, 0.15) is 0 Å². The van der Waals surface area contributed by atoms with Gasteiger partial charge < -0.3 is 0 Å². The number of imide groups is 1. The first-order valence-electron chi connectivity index (χ1n) is 7.60. The quantitative estimate of drug-likeness (QED) is 0.795. The van der Waals surface area contributed by atoms with E-state index in [9.17, 15) is 9.59 Å². The Kier molecular flexibility index (Phi) is 3.57. The van der Waals surface area contributed by atoms with E-state index in [0.29, 0.717) is 12.5 Å². The van der Waals surface area contributed by atoms with Crippen LogP contribution in [0.2, 0.25) is 0 Å². The molecule has 2 aliphatic heterocycles. The lowest BCUT2D eigenvalue weighted by molar-refractivity contribution is -0.139. The fourth-order valence-corrected chi connectivity index (χ4v) is 3.91. The summed E-state index contributed by atoms with van der Waals surface area (Å²) in [6.07, 6.45) is 0. The molecule has 3 atom stereocenters. The zero-order chi connectivity index (χ0) is 15.1. The number of nitrogens with zero attached hydrogens (tertiary/aromatic N) is 2. The molecule has 2 amide bonds. The Bertz CT molecular complexity index is 555. The SMILES string of the molecule is CC(C)C1C2C(=O)N(C)C(=O)C2CN1Cc1ccccc1. The Balaban J connectivity index is 1.86. The number of rotatable bonds is 3. The van der Waals surface area contributed by atoms with Gasteiger partial charge in [-0.1, -0.05) is 44.2 Å². The lowest BCUT2D eigenvalue weighted by Crippen LogP contribution is -2.41. The standard InChI is InChI=1S/C17H22N2O2/c1-11(2)15-14-13(16(20)18(3)17(14)21)10-19(15)9-12-7-5-4-6-8-12/h4-8,11,13-15H,9-10H2,1-3H3. The molecule has 1 aromatic rings. The predicted octanol–water partition coefficient (Wildman–Crippen LogP) is 1.76. The van der Waals surface area contributed by atoms with Crippen molar-refractivity contribution in [3.05, 3.63) is 35.9 Å². The Labute approximate surface area is 125 Å². The van der Waals surface area contributed by atoms with Gasteiger partial charge in [0.2, 0.25) is 11.8 Å². The predicted molar refractivity (Wildman–Crippen MR) is 80.2 cm³/mol. The molecule has 2 heterocycles. The van der Waals surface area contributed by atoms with Crippen LogP contribution in [0.25, 0.3) is 0 Å². The summed E-state index contributed by atoms with van der Waals surface area (Å²) in [6.45, 7) is 5.78. The largest absolute Gasteiger partial charge is 0.294 e. The van der Waals surface area contributed by atoms with E-state index < -0.39 is 0 Å². The maximum atomic E-state index is 12.4. The Morgan fingerprint density at radius 3 is 2.43 bits per heavy atom. The van der Waals surface area contributed by atoms with E-state index >= 15 is 0 Å². The van der Waals surface area contributed by atoms with Crippen LogP contribution in [0.4, 0.5) is 0 Å². The molecule has 2 aliphatic rings. The van der Waals surface area contributed by atoms with Crippen LogP contribution in [0.1, 0.15) is 19.4 Å². The molecule has 0 radical (unpaired) electrons. The van der Waals surface area contributed by atoms with E-state index in [2.05, 4.69) is 30.9 Å². The summed E-state index contributed by atoms with van der Waals surface area (Å²) in [5.74, 6) is 0.0299. The van der Waals surface area contributed by atoms with Crippen LogP contribution in [-0.2, 0) is 16.1 Å². The second-order valence-corrected chi connectivity index (χ2v) is 6.52. The van der Waals surface area contributed by atoms with Gasteiger partial charge in [-0.05, 0) is 11.5 Å². The maximum Gasteiger partial charge on any atom is 0.234 e. The van der Waals surface area contributed by atoms with Crippen LogP contribution in [-0.4, -0.2) is 41.2 Å². The van der Waals surface area contributed by atoms with Crippen molar-refractivity contribution in [2.75, 3.05) is 13.6 Å². The monoisotopic (exact) mass is 286 g/mol. The second kappa shape index (κ2) is 5.26. The summed E-state index contributed by atoms with van der Waals surface area (Å²) in [6, 6.07) is 10.4. The molecule has 3 rings (SSSR count). The first kappa shape index (κ1) is 14.3. The minimum absolute atomic E-state index is 0.000684. The molecule has 3 unspecified atom stereocenters. The second-order valence-electron chi connectivity index (χ2n) is 6.52. The Morgan fingerprint density at radius 2 is 1.81 bits per heavy atom. The number of carbonyl (C=O) groups excluding carboxylic acids is 2. The molecule has 4 heteroatoms. The van der Waals surface area contributed by atoms with Gasteiger partial charge in [0.05, 0.1) is 11.8 Å². The summed E-state index contributed by atoms with van der Waals surface area (Å²) in [5.41, 5.74) is 1.23. The zero-order valence-electron chi connectivity index (χ0n) is 12.8. The highest BCUT2D eigenvalue weighted by molar-refractivity contribution is 6.05. The molecule has 112 valence electrons. The molecule has 0 bridgehead atoms. The topological polar surface area (TPSA) is 40.6 Å². The third-order valence-corrected chi connectivity index (χ3v) is 4.83. The van der Waals surface area contributed by atoms with Gasteiger partial charge in [0.15, 0.2) is 0 Å². The average Bonchev–Trinajstić information content (AvgIpc) is 2.93. The summed E-state index contributed by atoms with van der Waals surface area (Å²) in [4.78, 5) is 28.3. The van der Waals surface area contributed by atoms with E-state index in [-0.39, 0.29) is 29.7 Å². The van der Waals surface area contributed by atoms with Crippen LogP contribution in [0, 0.1) is 17.8 Å². The molecule has 21 heavy (non-hydrogen) atoms. The third kappa shape index (κ3) is 2.27. The molecule has 0 saturated carbocycles. The van der Waals surface area contributed by atoms with Crippen molar-refractivity contribution in [2.24, 2.45) is 17.8 Å². The summed E-state index contributed by atoms with van der Waals surface area (Å²) in [7, 11) is 1.61. The van der Waals surface area contributed by atoms with Crippen molar-refractivity contribution in [3.8, 4) is 0 Å². The summed E-state index contributed by atoms with van der Waals surface area (Å²) < 4.78 is 0. The van der Waals surface area contributed by atoms with Crippen LogP contribution >= 0.6 is 0 Å². The highest BCUT2D eigenvalue weighted by Gasteiger charge is 2.56. The maximum absolute atomic E-state index is 12.4. The van der Waals surface area contributed by atoms with Gasteiger partial charge >= 0.3 is 0 Å². The molecule has 1 aromatic carbocycles. The number of hydrogen-bond donors (Lipinski definition) is 0. The number of carbonyl (C=O) groups is 2. The summed E-state index contributed by atoms with van der Waals surface area (Å²) in [5, 5.41) is 0. The molecule has 0 N–H and O–H groups in total. The van der Waals surface area contributed by atoms with Crippen molar-refractivity contribution in [2.45, 2.75) is 26.4 Å². The fourth-order valence-electron chi connectivity index (χ4n) is 3.91.